The highest BCUT2D eigenvalue weighted by Crippen LogP contribution is 2.27. The van der Waals surface area contributed by atoms with Crippen LogP contribution in [0.5, 0.6) is 0 Å². The molecule has 2 atom stereocenters. The van der Waals surface area contributed by atoms with E-state index >= 15 is 0 Å². The van der Waals surface area contributed by atoms with Gasteiger partial charge in [0.05, 0.1) is 6.07 Å². The molecule has 0 bridgehead atoms. The quantitative estimate of drug-likeness (QED) is 0.797. The Hall–Kier alpha value is -1.06. The van der Waals surface area contributed by atoms with Gasteiger partial charge in [-0.05, 0) is 26.8 Å². The third kappa shape index (κ3) is 3.72. The van der Waals surface area contributed by atoms with Gasteiger partial charge in [0.25, 0.3) is 0 Å². The van der Waals surface area contributed by atoms with Crippen molar-refractivity contribution >= 4 is 11.8 Å². The molecule has 0 aliphatic rings. The molecule has 2 unspecified atom stereocenters. The van der Waals surface area contributed by atoms with Crippen molar-refractivity contribution in [3.8, 4) is 6.07 Å². The van der Waals surface area contributed by atoms with E-state index in [0.717, 1.165) is 23.9 Å². The van der Waals surface area contributed by atoms with Crippen LogP contribution in [-0.4, -0.2) is 32.1 Å². The largest absolute Gasteiger partial charge is 0.309 e. The van der Waals surface area contributed by atoms with Crippen LogP contribution in [0.2, 0.25) is 0 Å². The summed E-state index contributed by atoms with van der Waals surface area (Å²) in [4.78, 5) is 0. The molecule has 5 nitrogen and oxygen atoms in total. The lowest BCUT2D eigenvalue weighted by atomic mass is 9.98. The Bertz CT molecular complexity index is 436. The first-order valence-electron chi connectivity index (χ1n) is 6.10. The van der Waals surface area contributed by atoms with Gasteiger partial charge in [-0.1, -0.05) is 25.6 Å². The number of hydrogen-bond donors (Lipinski definition) is 1. The van der Waals surface area contributed by atoms with E-state index in [0.29, 0.717) is 5.25 Å². The third-order valence-corrected chi connectivity index (χ3v) is 4.00. The Labute approximate surface area is 113 Å². The van der Waals surface area contributed by atoms with E-state index < -0.39 is 5.54 Å². The summed E-state index contributed by atoms with van der Waals surface area (Å²) in [5, 5.41) is 21.8. The summed E-state index contributed by atoms with van der Waals surface area (Å²) in [5.74, 6) is 0.902. The van der Waals surface area contributed by atoms with Crippen molar-refractivity contribution in [2.45, 2.75) is 50.1 Å². The summed E-state index contributed by atoms with van der Waals surface area (Å²) in [6.07, 6.45) is 0.772. The van der Waals surface area contributed by atoms with Crippen LogP contribution >= 0.6 is 11.8 Å². The molecule has 18 heavy (non-hydrogen) atoms. The highest BCUT2D eigenvalue weighted by molar-refractivity contribution is 7.99. The van der Waals surface area contributed by atoms with Gasteiger partial charge in [0.15, 0.2) is 5.16 Å². The zero-order chi connectivity index (χ0) is 13.8. The van der Waals surface area contributed by atoms with Gasteiger partial charge in [-0.15, -0.1) is 10.2 Å². The zero-order valence-corrected chi connectivity index (χ0v) is 12.5. The van der Waals surface area contributed by atoms with Gasteiger partial charge >= 0.3 is 0 Å². The summed E-state index contributed by atoms with van der Waals surface area (Å²) >= 11 is 1.66. The lowest BCUT2D eigenvalue weighted by Gasteiger charge is -2.25. The minimum absolute atomic E-state index is 0.302. The van der Waals surface area contributed by atoms with Crippen molar-refractivity contribution in [1.82, 2.24) is 20.1 Å². The van der Waals surface area contributed by atoms with E-state index in [4.69, 9.17) is 0 Å². The number of aryl methyl sites for hydroxylation is 1. The predicted molar refractivity (Wildman–Crippen MR) is 73.4 cm³/mol. The van der Waals surface area contributed by atoms with Gasteiger partial charge in [0, 0.05) is 12.3 Å². The highest BCUT2D eigenvalue weighted by atomic mass is 32.2. The van der Waals surface area contributed by atoms with E-state index in [2.05, 4.69) is 28.5 Å². The van der Waals surface area contributed by atoms with Crippen LogP contribution in [0, 0.1) is 18.3 Å². The lowest BCUT2D eigenvalue weighted by Crippen LogP contribution is -2.42. The molecule has 0 amide bonds. The molecule has 1 aromatic rings. The SMILES string of the molecule is CCNC(C)(C#N)CC(C)Sc1nnc(C)n1C. The van der Waals surface area contributed by atoms with Crippen LogP contribution in [0.15, 0.2) is 5.16 Å². The van der Waals surface area contributed by atoms with E-state index in [1.54, 1.807) is 11.8 Å². The maximum absolute atomic E-state index is 9.24. The first kappa shape index (κ1) is 15.0. The van der Waals surface area contributed by atoms with Crippen molar-refractivity contribution in [3.63, 3.8) is 0 Å². The Morgan fingerprint density at radius 2 is 2.22 bits per heavy atom. The van der Waals surface area contributed by atoms with Crippen LogP contribution in [-0.2, 0) is 7.05 Å². The van der Waals surface area contributed by atoms with Gasteiger partial charge in [0.1, 0.15) is 11.4 Å². The minimum atomic E-state index is -0.477. The second-order valence-electron chi connectivity index (χ2n) is 4.70. The minimum Gasteiger partial charge on any atom is -0.309 e. The smallest absolute Gasteiger partial charge is 0.191 e. The average Bonchev–Trinajstić information content (AvgIpc) is 2.61. The second-order valence-corrected chi connectivity index (χ2v) is 6.10. The van der Waals surface area contributed by atoms with E-state index in [-0.39, 0.29) is 0 Å². The molecule has 0 aliphatic heterocycles. The molecule has 0 spiro atoms. The summed E-state index contributed by atoms with van der Waals surface area (Å²) in [5.41, 5.74) is -0.477. The summed E-state index contributed by atoms with van der Waals surface area (Å²) in [6, 6.07) is 2.35. The lowest BCUT2D eigenvalue weighted by molar-refractivity contribution is 0.429. The molecule has 0 fully saturated rings. The molecule has 1 rings (SSSR count). The number of rotatable bonds is 6. The molecule has 0 aromatic carbocycles. The molecular weight excluding hydrogens is 246 g/mol. The van der Waals surface area contributed by atoms with Gasteiger partial charge in [0.2, 0.25) is 0 Å². The molecule has 1 heterocycles. The number of nitrogens with one attached hydrogen (secondary N) is 1. The van der Waals surface area contributed by atoms with Gasteiger partial charge in [-0.2, -0.15) is 5.26 Å². The first-order chi connectivity index (χ1) is 8.41. The number of hydrogen-bond acceptors (Lipinski definition) is 5. The normalized spacial score (nSPS) is 16.0. The van der Waals surface area contributed by atoms with Crippen molar-refractivity contribution in [2.75, 3.05) is 6.54 Å². The third-order valence-electron chi connectivity index (χ3n) is 2.87. The highest BCUT2D eigenvalue weighted by Gasteiger charge is 2.26. The van der Waals surface area contributed by atoms with Crippen LogP contribution in [0.25, 0.3) is 0 Å². The van der Waals surface area contributed by atoms with Gasteiger partial charge in [-0.25, -0.2) is 0 Å². The van der Waals surface area contributed by atoms with Crippen molar-refractivity contribution in [2.24, 2.45) is 7.05 Å². The fourth-order valence-electron chi connectivity index (χ4n) is 1.83. The molecule has 0 aliphatic carbocycles. The van der Waals surface area contributed by atoms with Gasteiger partial charge in [-0.3, -0.25) is 5.32 Å². The van der Waals surface area contributed by atoms with Crippen molar-refractivity contribution in [1.29, 1.82) is 5.26 Å². The van der Waals surface area contributed by atoms with Crippen LogP contribution in [0.1, 0.15) is 33.0 Å². The summed E-state index contributed by atoms with van der Waals surface area (Å²) < 4.78 is 1.97. The topological polar surface area (TPSA) is 66.5 Å². The Kier molecular flexibility index (Phi) is 5.17. The van der Waals surface area contributed by atoms with E-state index in [9.17, 15) is 5.26 Å². The average molecular weight is 267 g/mol. The number of nitrogens with zero attached hydrogens (tertiary/aromatic N) is 4. The molecule has 1 aromatic heterocycles. The molecule has 100 valence electrons. The maximum Gasteiger partial charge on any atom is 0.191 e. The van der Waals surface area contributed by atoms with E-state index in [1.807, 2.05) is 32.4 Å². The van der Waals surface area contributed by atoms with Crippen LogP contribution in [0.3, 0.4) is 0 Å². The Morgan fingerprint density at radius 1 is 1.56 bits per heavy atom. The molecule has 6 heteroatoms. The molecular formula is C12H21N5S. The fraction of sp³-hybridized carbons (Fsp3) is 0.750. The van der Waals surface area contributed by atoms with Gasteiger partial charge < -0.3 is 4.57 Å². The summed E-state index contributed by atoms with van der Waals surface area (Å²) in [7, 11) is 1.96. The fourth-order valence-corrected chi connectivity index (χ4v) is 2.99. The Balaban J connectivity index is 2.64. The maximum atomic E-state index is 9.24. The molecule has 1 N–H and O–H groups in total. The molecule has 0 radical (unpaired) electrons. The molecule has 0 saturated carbocycles. The van der Waals surface area contributed by atoms with Crippen LogP contribution < -0.4 is 5.32 Å². The summed E-state index contributed by atoms with van der Waals surface area (Å²) in [6.45, 7) is 8.79. The zero-order valence-electron chi connectivity index (χ0n) is 11.7. The second kappa shape index (κ2) is 6.21. The Morgan fingerprint density at radius 3 is 2.67 bits per heavy atom. The van der Waals surface area contributed by atoms with Crippen LogP contribution in [0.4, 0.5) is 0 Å². The number of aromatic nitrogens is 3. The monoisotopic (exact) mass is 267 g/mol. The van der Waals surface area contributed by atoms with Crippen molar-refractivity contribution in [3.05, 3.63) is 5.82 Å². The molecule has 0 saturated heterocycles. The standard InChI is InChI=1S/C12H21N5S/c1-6-14-12(4,8-13)7-9(2)18-11-16-15-10(3)17(11)5/h9,14H,6-7H2,1-5H3. The number of nitriles is 1. The van der Waals surface area contributed by atoms with Crippen molar-refractivity contribution < 1.29 is 0 Å². The number of thioether (sulfide) groups is 1. The first-order valence-corrected chi connectivity index (χ1v) is 6.98. The van der Waals surface area contributed by atoms with E-state index in [1.165, 1.54) is 0 Å². The predicted octanol–water partition coefficient (Wildman–Crippen LogP) is 1.89.